The van der Waals surface area contributed by atoms with Crippen LogP contribution in [0.3, 0.4) is 0 Å². The molecular formula is C4H9N7S2. The molecule has 0 bridgehead atoms. The molecule has 0 spiro atoms. The van der Waals surface area contributed by atoms with Crippen LogP contribution >= 0.6 is 24.8 Å². The third-order valence-electron chi connectivity index (χ3n) is 0.687. The molecule has 0 radical (unpaired) electrons. The molecule has 0 aliphatic carbocycles. The number of nitrogens with zero attached hydrogens (tertiary/aromatic N) is 3. The van der Waals surface area contributed by atoms with E-state index < -0.39 is 0 Å². The minimum Gasteiger partial charge on any atom is -0.385 e. The van der Waals surface area contributed by atoms with Gasteiger partial charge in [0.2, 0.25) is 17.8 Å². The van der Waals surface area contributed by atoms with Crippen molar-refractivity contribution in [2.24, 2.45) is 5.73 Å². The van der Waals surface area contributed by atoms with Crippen LogP contribution in [0.15, 0.2) is 0 Å². The van der Waals surface area contributed by atoms with Gasteiger partial charge in [-0.1, -0.05) is 12.2 Å². The molecule has 1 aromatic heterocycles. The molecule has 0 saturated heterocycles. The first-order valence-electron chi connectivity index (χ1n) is 2.92. The first-order chi connectivity index (χ1) is 5.91. The van der Waals surface area contributed by atoms with E-state index in [2.05, 4.69) is 39.8 Å². The number of thiol groups is 1. The second kappa shape index (κ2) is 5.32. The molecule has 7 nitrogen and oxygen atoms in total. The van der Waals surface area contributed by atoms with Gasteiger partial charge in [0.25, 0.3) is 0 Å². The average Bonchev–Trinajstić information content (AvgIpc) is 1.80. The lowest BCUT2D eigenvalue weighted by molar-refractivity contribution is 1.09. The molecule has 0 aromatic carbocycles. The Labute approximate surface area is 85.3 Å². The first kappa shape index (κ1) is 11.6. The Balaban J connectivity index is 0.000000310. The zero-order valence-electron chi connectivity index (χ0n) is 6.51. The van der Waals surface area contributed by atoms with Gasteiger partial charge in [0, 0.05) is 0 Å². The van der Waals surface area contributed by atoms with Crippen molar-refractivity contribution in [3.05, 3.63) is 0 Å². The SMILES string of the molecule is NC(=S)S.Nc1nc(N)nc(N)n1. The molecule has 8 N–H and O–H groups in total. The van der Waals surface area contributed by atoms with Crippen molar-refractivity contribution < 1.29 is 0 Å². The monoisotopic (exact) mass is 219 g/mol. The number of hydrogen-bond donors (Lipinski definition) is 5. The van der Waals surface area contributed by atoms with Crippen molar-refractivity contribution in [2.75, 3.05) is 17.2 Å². The molecule has 13 heavy (non-hydrogen) atoms. The summed E-state index contributed by atoms with van der Waals surface area (Å²) in [6, 6.07) is 0. The van der Waals surface area contributed by atoms with Gasteiger partial charge in [0.15, 0.2) is 0 Å². The summed E-state index contributed by atoms with van der Waals surface area (Å²) in [6.45, 7) is 0. The smallest absolute Gasteiger partial charge is 0.226 e. The lowest BCUT2D eigenvalue weighted by Crippen LogP contribution is -2.05. The Kier molecular flexibility index (Phi) is 4.77. The van der Waals surface area contributed by atoms with Gasteiger partial charge in [-0.3, -0.25) is 0 Å². The highest BCUT2D eigenvalue weighted by atomic mass is 32.1. The van der Waals surface area contributed by atoms with Gasteiger partial charge in [-0.2, -0.15) is 15.0 Å². The van der Waals surface area contributed by atoms with E-state index in [0.717, 1.165) is 0 Å². The molecule has 1 rings (SSSR count). The number of nitrogens with two attached hydrogens (primary N) is 4. The molecule has 0 saturated carbocycles. The average molecular weight is 219 g/mol. The number of thiocarbonyl (C=S) groups is 1. The highest BCUT2D eigenvalue weighted by Gasteiger charge is 1.93. The van der Waals surface area contributed by atoms with Crippen LogP contribution in [0.5, 0.6) is 0 Å². The second-order valence-electron chi connectivity index (χ2n) is 1.75. The van der Waals surface area contributed by atoms with Crippen LogP contribution in [0, 0.1) is 0 Å². The summed E-state index contributed by atoms with van der Waals surface area (Å²) in [5.41, 5.74) is 20.1. The minimum absolute atomic E-state index is 0.0417. The zero-order chi connectivity index (χ0) is 10.4. The predicted molar refractivity (Wildman–Crippen MR) is 58.8 cm³/mol. The maximum absolute atomic E-state index is 5.14. The van der Waals surface area contributed by atoms with Gasteiger partial charge in [-0.25, -0.2) is 0 Å². The lowest BCUT2D eigenvalue weighted by Gasteiger charge is -1.93. The maximum Gasteiger partial charge on any atom is 0.226 e. The number of aromatic nitrogens is 3. The number of rotatable bonds is 0. The van der Waals surface area contributed by atoms with Crippen LogP contribution in [-0.4, -0.2) is 19.3 Å². The summed E-state index contributed by atoms with van der Waals surface area (Å²) in [7, 11) is 0. The lowest BCUT2D eigenvalue weighted by atomic mass is 10.9. The van der Waals surface area contributed by atoms with E-state index in [0.29, 0.717) is 0 Å². The Bertz CT molecular complexity index is 246. The fraction of sp³-hybridized carbons (Fsp3) is 0. The Morgan fingerprint density at radius 3 is 1.31 bits per heavy atom. The molecular weight excluding hydrogens is 210 g/mol. The molecule has 0 unspecified atom stereocenters. The summed E-state index contributed by atoms with van der Waals surface area (Å²) in [4.78, 5) is 10.5. The summed E-state index contributed by atoms with van der Waals surface area (Å²) in [5.74, 6) is 0.125. The molecule has 72 valence electrons. The molecule has 9 heteroatoms. The van der Waals surface area contributed by atoms with Crippen LogP contribution < -0.4 is 22.9 Å². The fourth-order valence-electron chi connectivity index (χ4n) is 0.427. The Morgan fingerprint density at radius 2 is 1.15 bits per heavy atom. The van der Waals surface area contributed by atoms with E-state index in [1.165, 1.54) is 0 Å². The van der Waals surface area contributed by atoms with Crippen molar-refractivity contribution in [3.8, 4) is 0 Å². The minimum atomic E-state index is 0.0417. The quantitative estimate of drug-likeness (QED) is 0.270. The second-order valence-corrected chi connectivity index (χ2v) is 2.97. The van der Waals surface area contributed by atoms with E-state index in [-0.39, 0.29) is 22.2 Å². The van der Waals surface area contributed by atoms with Crippen LogP contribution in [-0.2, 0) is 0 Å². The molecule has 1 aromatic rings. The van der Waals surface area contributed by atoms with Crippen molar-refractivity contribution in [3.63, 3.8) is 0 Å². The highest BCUT2D eigenvalue weighted by molar-refractivity contribution is 8.10. The van der Waals surface area contributed by atoms with Crippen LogP contribution in [0.4, 0.5) is 17.8 Å². The molecule has 1 heterocycles. The first-order valence-corrected chi connectivity index (χ1v) is 3.78. The van der Waals surface area contributed by atoms with E-state index in [9.17, 15) is 0 Å². The Hall–Kier alpha value is -1.35. The van der Waals surface area contributed by atoms with Gasteiger partial charge in [0.1, 0.15) is 4.32 Å². The number of nitrogen functional groups attached to an aromatic ring is 3. The van der Waals surface area contributed by atoms with Gasteiger partial charge in [-0.05, 0) is 0 Å². The molecule has 0 aliphatic heterocycles. The van der Waals surface area contributed by atoms with Crippen molar-refractivity contribution in [2.45, 2.75) is 0 Å². The Morgan fingerprint density at radius 1 is 1.00 bits per heavy atom. The van der Waals surface area contributed by atoms with Gasteiger partial charge in [0.05, 0.1) is 0 Å². The van der Waals surface area contributed by atoms with E-state index >= 15 is 0 Å². The van der Waals surface area contributed by atoms with Crippen LogP contribution in [0.1, 0.15) is 0 Å². The maximum atomic E-state index is 5.14. The summed E-state index contributed by atoms with van der Waals surface area (Å²) >= 11 is 7.65. The molecule has 0 amide bonds. The third-order valence-corrected chi connectivity index (χ3v) is 0.687. The predicted octanol–water partition coefficient (Wildman–Crippen LogP) is -1.22. The number of anilines is 3. The molecule has 0 aliphatic rings. The summed E-state index contributed by atoms with van der Waals surface area (Å²) in [6.07, 6.45) is 0. The van der Waals surface area contributed by atoms with Crippen LogP contribution in [0.2, 0.25) is 0 Å². The van der Waals surface area contributed by atoms with Crippen molar-refractivity contribution in [1.82, 2.24) is 15.0 Å². The summed E-state index contributed by atoms with van der Waals surface area (Å²) < 4.78 is 0.194. The topological polar surface area (TPSA) is 143 Å². The van der Waals surface area contributed by atoms with Gasteiger partial charge >= 0.3 is 0 Å². The zero-order valence-corrected chi connectivity index (χ0v) is 8.22. The third kappa shape index (κ3) is 7.03. The van der Waals surface area contributed by atoms with Crippen molar-refractivity contribution in [1.29, 1.82) is 0 Å². The van der Waals surface area contributed by atoms with Gasteiger partial charge < -0.3 is 22.9 Å². The molecule has 0 atom stereocenters. The number of hydrogen-bond acceptors (Lipinski definition) is 7. The van der Waals surface area contributed by atoms with E-state index in [4.69, 9.17) is 22.9 Å². The van der Waals surface area contributed by atoms with Crippen molar-refractivity contribution >= 4 is 47.0 Å². The normalized spacial score (nSPS) is 8.38. The van der Waals surface area contributed by atoms with E-state index in [1.807, 2.05) is 0 Å². The summed E-state index contributed by atoms with van der Waals surface area (Å²) in [5, 5.41) is 0. The highest BCUT2D eigenvalue weighted by Crippen LogP contribution is 1.97. The molecule has 0 fully saturated rings. The standard InChI is InChI=1S/C3H6N6.CH3NS2/c4-1-7-2(5)9-3(6)8-1;2-1(3)4/h(H6,4,5,6,7,8,9);(H3,2,3,4). The van der Waals surface area contributed by atoms with Crippen LogP contribution in [0.25, 0.3) is 0 Å². The van der Waals surface area contributed by atoms with E-state index in [1.54, 1.807) is 0 Å². The fourth-order valence-corrected chi connectivity index (χ4v) is 0.427. The largest absolute Gasteiger partial charge is 0.385 e. The van der Waals surface area contributed by atoms with Gasteiger partial charge in [-0.15, -0.1) is 12.6 Å².